The predicted octanol–water partition coefficient (Wildman–Crippen LogP) is 5.38. The van der Waals surface area contributed by atoms with E-state index in [9.17, 15) is 0 Å². The molecule has 1 aliphatic rings. The molecule has 2 aromatic rings. The molecule has 0 aliphatic heterocycles. The van der Waals surface area contributed by atoms with Gasteiger partial charge in [-0.25, -0.2) is 0 Å². The highest BCUT2D eigenvalue weighted by atomic mass is 35.5. The van der Waals surface area contributed by atoms with Crippen LogP contribution in [0.4, 0.5) is 0 Å². The summed E-state index contributed by atoms with van der Waals surface area (Å²) in [6, 6.07) is 8.35. The Morgan fingerprint density at radius 2 is 2.05 bits per heavy atom. The van der Waals surface area contributed by atoms with Crippen molar-refractivity contribution in [2.24, 2.45) is 0 Å². The highest BCUT2D eigenvalue weighted by Crippen LogP contribution is 2.38. The second-order valence-corrected chi connectivity index (χ2v) is 7.19. The Kier molecular flexibility index (Phi) is 4.89. The maximum atomic E-state index is 6.37. The number of benzene rings is 1. The van der Waals surface area contributed by atoms with Gasteiger partial charge in [0.2, 0.25) is 0 Å². The standard InChI is InChI=1S/C17H20ClN3S/c1-12(2)11-22-17-20-19-16(14-9-5-6-10-15(14)18)21(17)13-7-3-4-8-13/h5-6,9-10,13H,1,3-4,7-8,11H2,2H3. The van der Waals surface area contributed by atoms with Crippen LogP contribution in [-0.4, -0.2) is 20.5 Å². The van der Waals surface area contributed by atoms with Gasteiger partial charge >= 0.3 is 0 Å². The fourth-order valence-electron chi connectivity index (χ4n) is 2.88. The van der Waals surface area contributed by atoms with Gasteiger partial charge in [0.1, 0.15) is 0 Å². The van der Waals surface area contributed by atoms with Gasteiger partial charge in [-0.05, 0) is 31.9 Å². The summed E-state index contributed by atoms with van der Waals surface area (Å²) in [5.74, 6) is 1.76. The Labute approximate surface area is 140 Å². The van der Waals surface area contributed by atoms with E-state index in [1.54, 1.807) is 11.8 Å². The molecule has 0 radical (unpaired) electrons. The zero-order chi connectivity index (χ0) is 15.5. The number of hydrogen-bond acceptors (Lipinski definition) is 3. The van der Waals surface area contributed by atoms with Gasteiger partial charge in [0, 0.05) is 17.4 Å². The number of halogens is 1. The molecule has 1 aromatic heterocycles. The minimum atomic E-state index is 0.480. The normalized spacial score (nSPS) is 15.4. The van der Waals surface area contributed by atoms with Crippen LogP contribution in [-0.2, 0) is 0 Å². The molecule has 116 valence electrons. The Balaban J connectivity index is 2.02. The molecular formula is C17H20ClN3S. The second kappa shape index (κ2) is 6.88. The molecule has 1 heterocycles. The van der Waals surface area contributed by atoms with Crippen LogP contribution in [0.3, 0.4) is 0 Å². The molecule has 5 heteroatoms. The van der Waals surface area contributed by atoms with Gasteiger partial charge in [-0.15, -0.1) is 10.2 Å². The van der Waals surface area contributed by atoms with Crippen LogP contribution in [0.25, 0.3) is 11.4 Å². The van der Waals surface area contributed by atoms with Gasteiger partial charge in [-0.2, -0.15) is 0 Å². The summed E-state index contributed by atoms with van der Waals surface area (Å²) in [5, 5.41) is 10.6. The van der Waals surface area contributed by atoms with Gasteiger partial charge < -0.3 is 0 Å². The summed E-state index contributed by atoms with van der Waals surface area (Å²) in [6.45, 7) is 6.02. The summed E-state index contributed by atoms with van der Waals surface area (Å²) >= 11 is 8.08. The summed E-state index contributed by atoms with van der Waals surface area (Å²) < 4.78 is 2.29. The first-order valence-electron chi connectivity index (χ1n) is 7.64. The van der Waals surface area contributed by atoms with Crippen molar-refractivity contribution in [3.8, 4) is 11.4 Å². The minimum absolute atomic E-state index is 0.480. The van der Waals surface area contributed by atoms with Crippen LogP contribution >= 0.6 is 23.4 Å². The van der Waals surface area contributed by atoms with E-state index in [4.69, 9.17) is 11.6 Å². The van der Waals surface area contributed by atoms with E-state index in [1.807, 2.05) is 31.2 Å². The van der Waals surface area contributed by atoms with Crippen molar-refractivity contribution in [2.75, 3.05) is 5.75 Å². The lowest BCUT2D eigenvalue weighted by Gasteiger charge is -2.17. The van der Waals surface area contributed by atoms with Gasteiger partial charge in [0.05, 0.1) is 5.02 Å². The number of thioether (sulfide) groups is 1. The van der Waals surface area contributed by atoms with Crippen molar-refractivity contribution in [1.29, 1.82) is 0 Å². The lowest BCUT2D eigenvalue weighted by atomic mass is 10.2. The first-order valence-corrected chi connectivity index (χ1v) is 9.00. The molecule has 0 amide bonds. The first kappa shape index (κ1) is 15.6. The molecule has 3 nitrogen and oxygen atoms in total. The molecule has 3 rings (SSSR count). The molecule has 1 fully saturated rings. The molecule has 1 aromatic carbocycles. The van der Waals surface area contributed by atoms with Gasteiger partial charge in [0.15, 0.2) is 11.0 Å². The van der Waals surface area contributed by atoms with Gasteiger partial charge in [0.25, 0.3) is 0 Å². The van der Waals surface area contributed by atoms with Crippen LogP contribution in [0.1, 0.15) is 38.6 Å². The van der Waals surface area contributed by atoms with Crippen molar-refractivity contribution in [2.45, 2.75) is 43.8 Å². The van der Waals surface area contributed by atoms with E-state index < -0.39 is 0 Å². The first-order chi connectivity index (χ1) is 10.7. The topological polar surface area (TPSA) is 30.7 Å². The highest BCUT2D eigenvalue weighted by Gasteiger charge is 2.25. The molecule has 0 atom stereocenters. The average molecular weight is 334 g/mol. The zero-order valence-corrected chi connectivity index (χ0v) is 14.3. The maximum Gasteiger partial charge on any atom is 0.192 e. The molecule has 1 aliphatic carbocycles. The molecule has 0 saturated heterocycles. The Hall–Kier alpha value is -1.26. The monoisotopic (exact) mass is 333 g/mol. The van der Waals surface area contributed by atoms with Crippen LogP contribution in [0.2, 0.25) is 5.02 Å². The van der Waals surface area contributed by atoms with Crippen LogP contribution < -0.4 is 0 Å². The summed E-state index contributed by atoms with van der Waals surface area (Å²) in [4.78, 5) is 0. The molecule has 1 saturated carbocycles. The second-order valence-electron chi connectivity index (χ2n) is 5.84. The van der Waals surface area contributed by atoms with Crippen LogP contribution in [0.15, 0.2) is 41.6 Å². The van der Waals surface area contributed by atoms with Crippen molar-refractivity contribution in [3.05, 3.63) is 41.4 Å². The molecular weight excluding hydrogens is 314 g/mol. The summed E-state index contributed by atoms with van der Waals surface area (Å²) in [5.41, 5.74) is 2.11. The third-order valence-corrected chi connectivity index (χ3v) is 5.42. The van der Waals surface area contributed by atoms with Gasteiger partial charge in [-0.3, -0.25) is 4.57 Å². The van der Waals surface area contributed by atoms with E-state index >= 15 is 0 Å². The zero-order valence-electron chi connectivity index (χ0n) is 12.8. The van der Waals surface area contributed by atoms with Crippen molar-refractivity contribution in [1.82, 2.24) is 14.8 Å². The quantitative estimate of drug-likeness (QED) is 0.543. The third kappa shape index (κ3) is 3.23. The van der Waals surface area contributed by atoms with E-state index in [1.165, 1.54) is 25.7 Å². The fraction of sp³-hybridized carbons (Fsp3) is 0.412. The molecule has 22 heavy (non-hydrogen) atoms. The maximum absolute atomic E-state index is 6.37. The summed E-state index contributed by atoms with van der Waals surface area (Å²) in [6.07, 6.45) is 4.93. The third-order valence-electron chi connectivity index (χ3n) is 3.92. The summed E-state index contributed by atoms with van der Waals surface area (Å²) in [7, 11) is 0. The SMILES string of the molecule is C=C(C)CSc1nnc(-c2ccccc2Cl)n1C1CCCC1. The number of hydrogen-bond donors (Lipinski definition) is 0. The molecule has 0 bridgehead atoms. The van der Waals surface area contributed by atoms with Crippen molar-refractivity contribution >= 4 is 23.4 Å². The Morgan fingerprint density at radius 3 is 2.73 bits per heavy atom. The number of rotatable bonds is 5. The number of aromatic nitrogens is 3. The van der Waals surface area contributed by atoms with Crippen molar-refractivity contribution in [3.63, 3.8) is 0 Å². The van der Waals surface area contributed by atoms with E-state index in [0.717, 1.165) is 32.9 Å². The number of nitrogens with zero attached hydrogens (tertiary/aromatic N) is 3. The van der Waals surface area contributed by atoms with E-state index in [0.29, 0.717) is 6.04 Å². The lowest BCUT2D eigenvalue weighted by molar-refractivity contribution is 0.485. The molecule has 0 N–H and O–H groups in total. The van der Waals surface area contributed by atoms with Gasteiger partial charge in [-0.1, -0.05) is 60.5 Å². The van der Waals surface area contributed by atoms with Crippen LogP contribution in [0, 0.1) is 0 Å². The predicted molar refractivity (Wildman–Crippen MR) is 93.5 cm³/mol. The van der Waals surface area contributed by atoms with Crippen molar-refractivity contribution < 1.29 is 0 Å². The Morgan fingerprint density at radius 1 is 1.32 bits per heavy atom. The van der Waals surface area contributed by atoms with E-state index in [-0.39, 0.29) is 0 Å². The van der Waals surface area contributed by atoms with Crippen LogP contribution in [0.5, 0.6) is 0 Å². The molecule has 0 spiro atoms. The largest absolute Gasteiger partial charge is 0.299 e. The van der Waals surface area contributed by atoms with E-state index in [2.05, 4.69) is 21.3 Å². The lowest BCUT2D eigenvalue weighted by Crippen LogP contribution is -2.08. The average Bonchev–Trinajstić information content (AvgIpc) is 3.14. The highest BCUT2D eigenvalue weighted by molar-refractivity contribution is 7.99. The Bertz CT molecular complexity index is 674. The fourth-order valence-corrected chi connectivity index (χ4v) is 3.95. The smallest absolute Gasteiger partial charge is 0.192 e. The molecule has 0 unspecified atom stereocenters. The minimum Gasteiger partial charge on any atom is -0.299 e.